The number of rotatable bonds is 6. The molecule has 0 aliphatic heterocycles. The Balaban J connectivity index is 1.85. The number of hydrogen-bond acceptors (Lipinski definition) is 6. The largest absolute Gasteiger partial charge is 0.514 e. The zero-order chi connectivity index (χ0) is 16.4. The highest BCUT2D eigenvalue weighted by molar-refractivity contribution is 5.92. The smallest absolute Gasteiger partial charge is 0.430 e. The molecule has 0 radical (unpaired) electrons. The van der Waals surface area contributed by atoms with E-state index in [2.05, 4.69) is 16.7 Å². The van der Waals surface area contributed by atoms with Crippen molar-refractivity contribution in [3.8, 4) is 5.75 Å². The molecule has 0 spiro atoms. The second-order valence-corrected chi connectivity index (χ2v) is 5.73. The van der Waals surface area contributed by atoms with Gasteiger partial charge in [-0.2, -0.15) is 5.10 Å². The monoisotopic (exact) mass is 316 g/mol. The molecule has 0 unspecified atom stereocenters. The van der Waals surface area contributed by atoms with Crippen molar-refractivity contribution in [2.75, 3.05) is 12.3 Å². The van der Waals surface area contributed by atoms with Gasteiger partial charge in [0, 0.05) is 6.54 Å². The lowest BCUT2D eigenvalue weighted by Gasteiger charge is -2.11. The van der Waals surface area contributed by atoms with Gasteiger partial charge in [0.2, 0.25) is 0 Å². The molecule has 1 aliphatic carbocycles. The van der Waals surface area contributed by atoms with Crippen molar-refractivity contribution in [2.45, 2.75) is 32.7 Å². The van der Waals surface area contributed by atoms with Crippen LogP contribution in [-0.2, 0) is 11.3 Å². The fourth-order valence-electron chi connectivity index (χ4n) is 2.46. The summed E-state index contributed by atoms with van der Waals surface area (Å²) >= 11 is 0. The Bertz CT molecular complexity index is 749. The van der Waals surface area contributed by atoms with Gasteiger partial charge in [0.15, 0.2) is 11.4 Å². The Hall–Kier alpha value is -2.57. The van der Waals surface area contributed by atoms with Crippen LogP contribution in [0.2, 0.25) is 0 Å². The summed E-state index contributed by atoms with van der Waals surface area (Å²) in [5.74, 6) is 1.03. The lowest BCUT2D eigenvalue weighted by molar-refractivity contribution is 0.109. The lowest BCUT2D eigenvalue weighted by Crippen LogP contribution is -2.13. The number of ether oxygens (including phenoxy) is 2. The third-order valence-corrected chi connectivity index (χ3v) is 3.90. The first-order valence-electron chi connectivity index (χ1n) is 7.67. The molecule has 0 saturated heterocycles. The number of carbonyl (C=O) groups is 1. The molecule has 7 heteroatoms. The average Bonchev–Trinajstić information content (AvgIpc) is 3.28. The molecular formula is C16H20N4O3. The van der Waals surface area contributed by atoms with Gasteiger partial charge in [0.1, 0.15) is 6.61 Å². The van der Waals surface area contributed by atoms with Gasteiger partial charge in [0.05, 0.1) is 23.0 Å². The number of nitrogens with zero attached hydrogens (tertiary/aromatic N) is 3. The van der Waals surface area contributed by atoms with Crippen LogP contribution in [0.25, 0.3) is 11.0 Å². The molecule has 122 valence electrons. The molecule has 1 fully saturated rings. The van der Waals surface area contributed by atoms with E-state index < -0.39 is 6.16 Å². The van der Waals surface area contributed by atoms with Crippen molar-refractivity contribution in [1.29, 1.82) is 0 Å². The third-order valence-electron chi connectivity index (χ3n) is 3.90. The molecule has 2 heterocycles. The molecular weight excluding hydrogens is 296 g/mol. The maximum absolute atomic E-state index is 11.6. The molecule has 0 aromatic carbocycles. The van der Waals surface area contributed by atoms with E-state index in [0.29, 0.717) is 22.4 Å². The van der Waals surface area contributed by atoms with Crippen molar-refractivity contribution in [3.05, 3.63) is 24.5 Å². The number of hydrogen-bond donors (Lipinski definition) is 1. The zero-order valence-electron chi connectivity index (χ0n) is 13.1. The predicted molar refractivity (Wildman–Crippen MR) is 86.2 cm³/mol. The molecule has 1 saturated carbocycles. The maximum atomic E-state index is 11.6. The Morgan fingerprint density at radius 2 is 2.35 bits per heavy atom. The van der Waals surface area contributed by atoms with Crippen molar-refractivity contribution < 1.29 is 14.3 Å². The second-order valence-electron chi connectivity index (χ2n) is 5.73. The molecule has 0 atom stereocenters. The molecule has 23 heavy (non-hydrogen) atoms. The predicted octanol–water partition coefficient (Wildman–Crippen LogP) is 2.82. The standard InChI is InChI=1S/C16H20N4O3/c1-3-8-22-16(21)23-14-10(2)19-15-12(13(14)17)9-18-20(15)7-6-11-4-5-11/h3,9,11H,1,4-8H2,2H3,(H2,17,19). The topological polar surface area (TPSA) is 92.3 Å². The molecule has 0 amide bonds. The van der Waals surface area contributed by atoms with E-state index in [0.717, 1.165) is 18.9 Å². The molecule has 2 aromatic heterocycles. The zero-order valence-corrected chi connectivity index (χ0v) is 13.1. The summed E-state index contributed by atoms with van der Waals surface area (Å²) < 4.78 is 11.8. The number of fused-ring (bicyclic) bond motifs is 1. The normalized spacial score (nSPS) is 14.0. The summed E-state index contributed by atoms with van der Waals surface area (Å²) in [6, 6.07) is 0. The summed E-state index contributed by atoms with van der Waals surface area (Å²) in [7, 11) is 0. The van der Waals surface area contributed by atoms with Gasteiger partial charge in [-0.05, 0) is 19.3 Å². The van der Waals surface area contributed by atoms with E-state index >= 15 is 0 Å². The number of anilines is 1. The van der Waals surface area contributed by atoms with Gasteiger partial charge in [-0.3, -0.25) is 0 Å². The van der Waals surface area contributed by atoms with Gasteiger partial charge < -0.3 is 15.2 Å². The van der Waals surface area contributed by atoms with Crippen LogP contribution in [0.15, 0.2) is 18.9 Å². The minimum atomic E-state index is -0.832. The fraction of sp³-hybridized carbons (Fsp3) is 0.438. The number of carbonyl (C=O) groups excluding carboxylic acids is 1. The number of pyridine rings is 1. The maximum Gasteiger partial charge on any atom is 0.514 e. The minimum absolute atomic E-state index is 0.0760. The van der Waals surface area contributed by atoms with Crippen molar-refractivity contribution in [3.63, 3.8) is 0 Å². The first-order chi connectivity index (χ1) is 11.1. The Kier molecular flexibility index (Phi) is 4.18. The van der Waals surface area contributed by atoms with E-state index in [1.165, 1.54) is 18.9 Å². The lowest BCUT2D eigenvalue weighted by atomic mass is 10.2. The van der Waals surface area contributed by atoms with Crippen molar-refractivity contribution >= 4 is 22.9 Å². The molecule has 1 aliphatic rings. The number of nitrogens with two attached hydrogens (primary N) is 1. The van der Waals surface area contributed by atoms with Crippen LogP contribution in [0.4, 0.5) is 10.5 Å². The van der Waals surface area contributed by atoms with E-state index in [-0.39, 0.29) is 12.4 Å². The van der Waals surface area contributed by atoms with Gasteiger partial charge >= 0.3 is 6.16 Å². The van der Waals surface area contributed by atoms with Gasteiger partial charge in [0.25, 0.3) is 0 Å². The fourth-order valence-corrected chi connectivity index (χ4v) is 2.46. The second kappa shape index (κ2) is 6.28. The first kappa shape index (κ1) is 15.3. The summed E-state index contributed by atoms with van der Waals surface area (Å²) in [5.41, 5.74) is 7.72. The Labute approximate surface area is 134 Å². The molecule has 0 bridgehead atoms. The summed E-state index contributed by atoms with van der Waals surface area (Å²) in [5, 5.41) is 5.03. The van der Waals surface area contributed by atoms with E-state index in [1.54, 1.807) is 13.1 Å². The SMILES string of the molecule is C=CCOC(=O)Oc1c(C)nc2c(cnn2CCC2CC2)c1N. The molecule has 7 nitrogen and oxygen atoms in total. The summed E-state index contributed by atoms with van der Waals surface area (Å²) in [6.07, 6.45) is 6.00. The summed E-state index contributed by atoms with van der Waals surface area (Å²) in [6.45, 7) is 6.11. The van der Waals surface area contributed by atoms with Gasteiger partial charge in [-0.1, -0.05) is 25.5 Å². The highest BCUT2D eigenvalue weighted by atomic mass is 16.7. The number of nitrogen functional groups attached to an aromatic ring is 1. The molecule has 2 aromatic rings. The van der Waals surface area contributed by atoms with Crippen LogP contribution in [-0.4, -0.2) is 27.5 Å². The number of aromatic nitrogens is 3. The van der Waals surface area contributed by atoms with E-state index in [4.69, 9.17) is 15.2 Å². The van der Waals surface area contributed by atoms with Crippen LogP contribution in [0.3, 0.4) is 0 Å². The van der Waals surface area contributed by atoms with Crippen LogP contribution in [0.1, 0.15) is 25.0 Å². The average molecular weight is 316 g/mol. The number of aryl methyl sites for hydroxylation is 2. The van der Waals surface area contributed by atoms with Gasteiger partial charge in [-0.15, -0.1) is 0 Å². The molecule has 3 rings (SSSR count). The highest BCUT2D eigenvalue weighted by Gasteiger charge is 2.22. The Morgan fingerprint density at radius 1 is 1.57 bits per heavy atom. The van der Waals surface area contributed by atoms with Crippen molar-refractivity contribution in [2.24, 2.45) is 5.92 Å². The van der Waals surface area contributed by atoms with Gasteiger partial charge in [-0.25, -0.2) is 14.5 Å². The van der Waals surface area contributed by atoms with E-state index in [9.17, 15) is 4.79 Å². The molecule has 2 N–H and O–H groups in total. The minimum Gasteiger partial charge on any atom is -0.430 e. The quantitative estimate of drug-likeness (QED) is 0.651. The van der Waals surface area contributed by atoms with E-state index in [1.807, 2.05) is 4.68 Å². The highest BCUT2D eigenvalue weighted by Crippen LogP contribution is 2.35. The van der Waals surface area contributed by atoms with Crippen LogP contribution < -0.4 is 10.5 Å². The van der Waals surface area contributed by atoms with Crippen molar-refractivity contribution in [1.82, 2.24) is 14.8 Å². The summed E-state index contributed by atoms with van der Waals surface area (Å²) in [4.78, 5) is 16.1. The van der Waals surface area contributed by atoms with Crippen LogP contribution in [0, 0.1) is 12.8 Å². The Morgan fingerprint density at radius 3 is 3.04 bits per heavy atom. The third kappa shape index (κ3) is 3.28. The van der Waals surface area contributed by atoms with Crippen LogP contribution >= 0.6 is 0 Å². The first-order valence-corrected chi connectivity index (χ1v) is 7.67. The van der Waals surface area contributed by atoms with Crippen LogP contribution in [0.5, 0.6) is 5.75 Å².